The normalized spacial score (nSPS) is 18.7. The molecule has 4 aromatic rings. The Labute approximate surface area is 192 Å². The SMILES string of the molecule is O=C1OCC(c2cccc(N3CCN(c4ccccc4)CC3)c2)N1c1ccc2nc[nH]c2c1. The van der Waals surface area contributed by atoms with Crippen LogP contribution >= 0.6 is 0 Å². The van der Waals surface area contributed by atoms with Gasteiger partial charge in [-0.2, -0.15) is 0 Å². The van der Waals surface area contributed by atoms with Crippen molar-refractivity contribution in [1.82, 2.24) is 9.97 Å². The molecule has 2 aliphatic heterocycles. The van der Waals surface area contributed by atoms with Crippen molar-refractivity contribution in [1.29, 1.82) is 0 Å². The molecule has 3 heterocycles. The summed E-state index contributed by atoms with van der Waals surface area (Å²) in [5.41, 5.74) is 6.12. The number of anilines is 3. The lowest BCUT2D eigenvalue weighted by Crippen LogP contribution is -2.46. The fraction of sp³-hybridized carbons (Fsp3) is 0.231. The van der Waals surface area contributed by atoms with Crippen LogP contribution < -0.4 is 14.7 Å². The minimum Gasteiger partial charge on any atom is -0.447 e. The number of hydrogen-bond donors (Lipinski definition) is 1. The molecule has 0 saturated carbocycles. The second kappa shape index (κ2) is 8.16. The summed E-state index contributed by atoms with van der Waals surface area (Å²) < 4.78 is 5.47. The highest BCUT2D eigenvalue weighted by Gasteiger charge is 2.36. The number of para-hydroxylation sites is 1. The summed E-state index contributed by atoms with van der Waals surface area (Å²) >= 11 is 0. The maximum atomic E-state index is 12.7. The second-order valence-corrected chi connectivity index (χ2v) is 8.47. The van der Waals surface area contributed by atoms with E-state index < -0.39 is 0 Å². The summed E-state index contributed by atoms with van der Waals surface area (Å²) in [5.74, 6) is 0. The smallest absolute Gasteiger partial charge is 0.415 e. The van der Waals surface area contributed by atoms with Crippen molar-refractivity contribution < 1.29 is 9.53 Å². The Hall–Kier alpha value is -4.00. The van der Waals surface area contributed by atoms with Crippen molar-refractivity contribution in [2.45, 2.75) is 6.04 Å². The number of piperazine rings is 1. The number of carbonyl (C=O) groups is 1. The average molecular weight is 440 g/mol. The van der Waals surface area contributed by atoms with Crippen molar-refractivity contribution in [2.24, 2.45) is 0 Å². The minimum atomic E-state index is -0.319. The Balaban J connectivity index is 1.22. The third-order valence-corrected chi connectivity index (χ3v) is 6.58. The number of aromatic nitrogens is 2. The number of ether oxygens (including phenoxy) is 1. The number of nitrogens with zero attached hydrogens (tertiary/aromatic N) is 4. The van der Waals surface area contributed by atoms with Gasteiger partial charge in [-0.25, -0.2) is 9.78 Å². The predicted molar refractivity (Wildman–Crippen MR) is 130 cm³/mol. The molecule has 0 spiro atoms. The first-order valence-corrected chi connectivity index (χ1v) is 11.3. The average Bonchev–Trinajstić information content (AvgIpc) is 3.50. The van der Waals surface area contributed by atoms with Gasteiger partial charge in [0.1, 0.15) is 6.61 Å². The monoisotopic (exact) mass is 439 g/mol. The molecule has 1 unspecified atom stereocenters. The van der Waals surface area contributed by atoms with Crippen molar-refractivity contribution in [3.63, 3.8) is 0 Å². The van der Waals surface area contributed by atoms with Crippen molar-refractivity contribution >= 4 is 34.2 Å². The van der Waals surface area contributed by atoms with Crippen LogP contribution in [-0.2, 0) is 4.74 Å². The van der Waals surface area contributed by atoms with Crippen LogP contribution in [0.1, 0.15) is 11.6 Å². The first-order chi connectivity index (χ1) is 16.3. The standard InChI is InChI=1S/C26H25N5O2/c32-26-31(22-9-10-23-24(16-22)28-18-27-23)25(17-33-26)19-5-4-8-21(15-19)30-13-11-29(12-14-30)20-6-2-1-3-7-20/h1-10,15-16,18,25H,11-14,17H2,(H,27,28). The van der Waals surface area contributed by atoms with Gasteiger partial charge in [0.15, 0.2) is 0 Å². The molecule has 6 rings (SSSR count). The van der Waals surface area contributed by atoms with Gasteiger partial charge in [-0.15, -0.1) is 0 Å². The zero-order valence-electron chi connectivity index (χ0n) is 18.2. The van der Waals surface area contributed by atoms with Crippen LogP contribution in [0.2, 0.25) is 0 Å². The summed E-state index contributed by atoms with van der Waals surface area (Å²) in [6, 6.07) is 24.7. The van der Waals surface area contributed by atoms with E-state index in [9.17, 15) is 4.79 Å². The summed E-state index contributed by atoms with van der Waals surface area (Å²) in [7, 11) is 0. The maximum Gasteiger partial charge on any atom is 0.415 e. The molecule has 0 bridgehead atoms. The highest BCUT2D eigenvalue weighted by atomic mass is 16.6. The molecule has 1 N–H and O–H groups in total. The number of amides is 1. The highest BCUT2D eigenvalue weighted by molar-refractivity contribution is 5.93. The lowest BCUT2D eigenvalue weighted by atomic mass is 10.0. The van der Waals surface area contributed by atoms with Gasteiger partial charge < -0.3 is 19.5 Å². The van der Waals surface area contributed by atoms with Gasteiger partial charge in [0.05, 0.1) is 29.1 Å². The molecule has 1 atom stereocenters. The van der Waals surface area contributed by atoms with Crippen molar-refractivity contribution in [3.05, 3.63) is 84.7 Å². The molecule has 7 heteroatoms. The molecule has 0 aliphatic carbocycles. The van der Waals surface area contributed by atoms with Crippen LogP contribution in [0, 0.1) is 0 Å². The number of hydrogen-bond acceptors (Lipinski definition) is 5. The van der Waals surface area contributed by atoms with E-state index >= 15 is 0 Å². The van der Waals surface area contributed by atoms with Gasteiger partial charge in [-0.05, 0) is 48.0 Å². The van der Waals surface area contributed by atoms with Gasteiger partial charge in [-0.3, -0.25) is 4.90 Å². The fourth-order valence-electron chi connectivity index (χ4n) is 4.82. The van der Waals surface area contributed by atoms with E-state index in [1.807, 2.05) is 18.2 Å². The predicted octanol–water partition coefficient (Wildman–Crippen LogP) is 4.59. The van der Waals surface area contributed by atoms with Crippen molar-refractivity contribution in [3.8, 4) is 0 Å². The van der Waals surface area contributed by atoms with Crippen LogP contribution in [0.25, 0.3) is 11.0 Å². The molecular formula is C26H25N5O2. The number of aromatic amines is 1. The first-order valence-electron chi connectivity index (χ1n) is 11.3. The van der Waals surface area contributed by atoms with E-state index in [2.05, 4.69) is 74.4 Å². The van der Waals surface area contributed by atoms with Gasteiger partial charge >= 0.3 is 6.09 Å². The molecule has 1 aromatic heterocycles. The Morgan fingerprint density at radius 2 is 1.58 bits per heavy atom. The molecule has 166 valence electrons. The van der Waals surface area contributed by atoms with Crippen LogP contribution in [0.3, 0.4) is 0 Å². The minimum absolute atomic E-state index is 0.163. The molecule has 7 nitrogen and oxygen atoms in total. The molecular weight excluding hydrogens is 414 g/mol. The van der Waals surface area contributed by atoms with Gasteiger partial charge in [0, 0.05) is 37.6 Å². The van der Waals surface area contributed by atoms with Crippen LogP contribution in [0.5, 0.6) is 0 Å². The number of H-pyrrole nitrogens is 1. The third-order valence-electron chi connectivity index (χ3n) is 6.58. The van der Waals surface area contributed by atoms with Crippen LogP contribution in [0.15, 0.2) is 79.1 Å². The molecule has 2 saturated heterocycles. The molecule has 3 aromatic carbocycles. The second-order valence-electron chi connectivity index (χ2n) is 8.47. The van der Waals surface area contributed by atoms with E-state index in [0.29, 0.717) is 6.61 Å². The van der Waals surface area contributed by atoms with Gasteiger partial charge in [0.2, 0.25) is 0 Å². The number of benzene rings is 3. The topological polar surface area (TPSA) is 64.7 Å². The van der Waals surface area contributed by atoms with Crippen LogP contribution in [-0.4, -0.2) is 48.8 Å². The number of rotatable bonds is 4. The van der Waals surface area contributed by atoms with E-state index in [-0.39, 0.29) is 12.1 Å². The zero-order chi connectivity index (χ0) is 22.2. The summed E-state index contributed by atoms with van der Waals surface area (Å²) in [4.78, 5) is 26.6. The fourth-order valence-corrected chi connectivity index (χ4v) is 4.82. The molecule has 2 aliphatic rings. The van der Waals surface area contributed by atoms with Gasteiger partial charge in [0.25, 0.3) is 0 Å². The Morgan fingerprint density at radius 1 is 0.818 bits per heavy atom. The highest BCUT2D eigenvalue weighted by Crippen LogP contribution is 2.35. The van der Waals surface area contributed by atoms with E-state index in [0.717, 1.165) is 48.5 Å². The lowest BCUT2D eigenvalue weighted by molar-refractivity contribution is 0.179. The number of fused-ring (bicyclic) bond motifs is 1. The first kappa shape index (κ1) is 19.7. The van der Waals surface area contributed by atoms with Crippen molar-refractivity contribution in [2.75, 3.05) is 47.5 Å². The zero-order valence-corrected chi connectivity index (χ0v) is 18.2. The summed E-state index contributed by atoms with van der Waals surface area (Å²) in [6.07, 6.45) is 1.34. The molecule has 2 fully saturated rings. The molecule has 1 amide bonds. The van der Waals surface area contributed by atoms with Crippen LogP contribution in [0.4, 0.5) is 21.9 Å². The Morgan fingerprint density at radius 3 is 2.39 bits per heavy atom. The van der Waals surface area contributed by atoms with Gasteiger partial charge in [-0.1, -0.05) is 30.3 Å². The number of nitrogens with one attached hydrogen (secondary N) is 1. The summed E-state index contributed by atoms with van der Waals surface area (Å²) in [6.45, 7) is 4.22. The largest absolute Gasteiger partial charge is 0.447 e. The van der Waals surface area contributed by atoms with E-state index in [1.54, 1.807) is 11.2 Å². The maximum absolute atomic E-state index is 12.7. The Kier molecular flexibility index (Phi) is 4.87. The molecule has 33 heavy (non-hydrogen) atoms. The summed E-state index contributed by atoms with van der Waals surface area (Å²) in [5, 5.41) is 0. The number of carbonyl (C=O) groups excluding carboxylic acids is 1. The third kappa shape index (κ3) is 3.65. The Bertz CT molecular complexity index is 1280. The molecule has 0 radical (unpaired) electrons. The quantitative estimate of drug-likeness (QED) is 0.504. The van der Waals surface area contributed by atoms with E-state index in [4.69, 9.17) is 4.74 Å². The lowest BCUT2D eigenvalue weighted by Gasteiger charge is -2.37. The van der Waals surface area contributed by atoms with E-state index in [1.165, 1.54) is 11.4 Å². The number of cyclic esters (lactones) is 1. The number of imidazole rings is 1.